The number of carbonyl (C=O) groups is 1. The van der Waals surface area contributed by atoms with Crippen molar-refractivity contribution in [3.8, 4) is 0 Å². The third-order valence-corrected chi connectivity index (χ3v) is 9.06. The highest BCUT2D eigenvalue weighted by Crippen LogP contribution is 2.40. The number of rotatable bonds is 5. The van der Waals surface area contributed by atoms with Gasteiger partial charge in [-0.2, -0.15) is 0 Å². The van der Waals surface area contributed by atoms with E-state index in [0.717, 1.165) is 19.3 Å². The van der Waals surface area contributed by atoms with Crippen molar-refractivity contribution < 1.29 is 14.0 Å². The lowest BCUT2D eigenvalue weighted by molar-refractivity contribution is -0.144. The number of hydrogen-bond donors (Lipinski definition) is 0. The van der Waals surface area contributed by atoms with E-state index in [4.69, 9.17) is 9.16 Å². The minimum absolute atomic E-state index is 0.0551. The van der Waals surface area contributed by atoms with Gasteiger partial charge in [-0.3, -0.25) is 4.79 Å². The summed E-state index contributed by atoms with van der Waals surface area (Å²) in [6.45, 7) is 13.7. The highest BCUT2D eigenvalue weighted by atomic mass is 28.4. The van der Waals surface area contributed by atoms with E-state index in [0.29, 0.717) is 25.0 Å². The molecule has 1 saturated carbocycles. The molecule has 3 nitrogen and oxygen atoms in total. The maximum Gasteiger partial charge on any atom is 0.306 e. The lowest BCUT2D eigenvalue weighted by Gasteiger charge is -2.38. The molecular formula is C15H30O3Si. The fourth-order valence-electron chi connectivity index (χ4n) is 2.37. The van der Waals surface area contributed by atoms with Crippen LogP contribution in [-0.4, -0.2) is 27.0 Å². The zero-order valence-corrected chi connectivity index (χ0v) is 14.4. The Hall–Kier alpha value is -0.353. The summed E-state index contributed by atoms with van der Waals surface area (Å²) in [5.74, 6) is 0.397. The lowest BCUT2D eigenvalue weighted by Crippen LogP contribution is -2.43. The second-order valence-electron chi connectivity index (χ2n) is 7.19. The van der Waals surface area contributed by atoms with Crippen molar-refractivity contribution in [3.05, 3.63) is 0 Å². The van der Waals surface area contributed by atoms with Gasteiger partial charge in [-0.05, 0) is 50.2 Å². The van der Waals surface area contributed by atoms with Gasteiger partial charge in [0, 0.05) is 12.5 Å². The highest BCUT2D eigenvalue weighted by molar-refractivity contribution is 6.74. The van der Waals surface area contributed by atoms with E-state index in [2.05, 4.69) is 33.9 Å². The summed E-state index contributed by atoms with van der Waals surface area (Å²) in [4.78, 5) is 11.5. The summed E-state index contributed by atoms with van der Waals surface area (Å²) in [6, 6.07) is 0. The summed E-state index contributed by atoms with van der Waals surface area (Å²) in [7, 11) is -1.67. The number of esters is 1. The Morgan fingerprint density at radius 2 is 1.89 bits per heavy atom. The topological polar surface area (TPSA) is 35.5 Å². The number of hydrogen-bond acceptors (Lipinski definition) is 3. The van der Waals surface area contributed by atoms with Crippen LogP contribution in [0.3, 0.4) is 0 Å². The van der Waals surface area contributed by atoms with E-state index in [-0.39, 0.29) is 11.0 Å². The first-order chi connectivity index (χ1) is 8.65. The Balaban J connectivity index is 2.42. The molecule has 0 aromatic carbocycles. The van der Waals surface area contributed by atoms with Crippen molar-refractivity contribution in [2.45, 2.75) is 77.6 Å². The Morgan fingerprint density at radius 1 is 1.26 bits per heavy atom. The van der Waals surface area contributed by atoms with Crippen molar-refractivity contribution in [1.82, 2.24) is 0 Å². The number of carbonyl (C=O) groups excluding carboxylic acids is 1. The van der Waals surface area contributed by atoms with Gasteiger partial charge in [-0.25, -0.2) is 0 Å². The van der Waals surface area contributed by atoms with Gasteiger partial charge in [0.15, 0.2) is 8.32 Å². The van der Waals surface area contributed by atoms with Gasteiger partial charge in [-0.15, -0.1) is 0 Å². The molecule has 1 aliphatic carbocycles. The van der Waals surface area contributed by atoms with Gasteiger partial charge in [0.05, 0.1) is 6.61 Å². The summed E-state index contributed by atoms with van der Waals surface area (Å²) in [5.41, 5.74) is 0. The summed E-state index contributed by atoms with van der Waals surface area (Å²) in [5, 5.41) is 0.256. The van der Waals surface area contributed by atoms with Crippen LogP contribution in [0.2, 0.25) is 18.1 Å². The Morgan fingerprint density at radius 3 is 2.42 bits per heavy atom. The van der Waals surface area contributed by atoms with Gasteiger partial charge >= 0.3 is 5.97 Å². The fourth-order valence-corrected chi connectivity index (χ4v) is 3.77. The van der Waals surface area contributed by atoms with Gasteiger partial charge in [0.25, 0.3) is 0 Å². The first kappa shape index (κ1) is 16.7. The van der Waals surface area contributed by atoms with Gasteiger partial charge in [0.2, 0.25) is 0 Å². The minimum atomic E-state index is -1.67. The van der Waals surface area contributed by atoms with Crippen LogP contribution >= 0.6 is 0 Å². The van der Waals surface area contributed by atoms with Gasteiger partial charge in [0.1, 0.15) is 0 Å². The molecule has 0 N–H and O–H groups in total. The zero-order valence-electron chi connectivity index (χ0n) is 13.4. The van der Waals surface area contributed by atoms with Crippen molar-refractivity contribution in [2.24, 2.45) is 5.92 Å². The van der Waals surface area contributed by atoms with E-state index in [9.17, 15) is 4.79 Å². The summed E-state index contributed by atoms with van der Waals surface area (Å²) < 4.78 is 11.4. The quantitative estimate of drug-likeness (QED) is 0.563. The fraction of sp³-hybridized carbons (Fsp3) is 0.933. The third kappa shape index (κ3) is 4.92. The van der Waals surface area contributed by atoms with Crippen LogP contribution in [0.15, 0.2) is 0 Å². The predicted octanol–water partition coefficient (Wildman–Crippen LogP) is 4.13. The van der Waals surface area contributed by atoms with Gasteiger partial charge < -0.3 is 9.16 Å². The zero-order chi connectivity index (χ0) is 14.7. The molecule has 19 heavy (non-hydrogen) atoms. The molecule has 1 aliphatic rings. The van der Waals surface area contributed by atoms with Crippen LogP contribution in [-0.2, 0) is 14.0 Å². The Bertz CT molecular complexity index is 307. The maximum absolute atomic E-state index is 11.5. The van der Waals surface area contributed by atoms with E-state index in [1.54, 1.807) is 0 Å². The van der Waals surface area contributed by atoms with E-state index in [1.165, 1.54) is 0 Å². The van der Waals surface area contributed by atoms with Crippen molar-refractivity contribution in [3.63, 3.8) is 0 Å². The molecule has 1 fully saturated rings. The molecule has 4 heteroatoms. The molecule has 0 aromatic rings. The minimum Gasteiger partial charge on any atom is -0.466 e. The van der Waals surface area contributed by atoms with Crippen LogP contribution in [0.5, 0.6) is 0 Å². The highest BCUT2D eigenvalue weighted by Gasteiger charge is 2.40. The molecule has 0 aliphatic heterocycles. The third-order valence-electron chi connectivity index (χ3n) is 4.52. The van der Waals surface area contributed by atoms with Gasteiger partial charge in [-0.1, -0.05) is 20.8 Å². The average Bonchev–Trinajstić information content (AvgIpc) is 2.63. The predicted molar refractivity (Wildman–Crippen MR) is 80.7 cm³/mol. The smallest absolute Gasteiger partial charge is 0.306 e. The van der Waals surface area contributed by atoms with E-state index < -0.39 is 8.32 Å². The van der Waals surface area contributed by atoms with Crippen LogP contribution in [0.4, 0.5) is 0 Å². The first-order valence-corrected chi connectivity index (χ1v) is 10.4. The molecule has 2 atom stereocenters. The van der Waals surface area contributed by atoms with Crippen LogP contribution < -0.4 is 0 Å². The molecule has 0 heterocycles. The van der Waals surface area contributed by atoms with Crippen LogP contribution in [0.25, 0.3) is 0 Å². The van der Waals surface area contributed by atoms with Crippen molar-refractivity contribution >= 4 is 14.3 Å². The molecule has 0 saturated heterocycles. The van der Waals surface area contributed by atoms with Crippen molar-refractivity contribution in [1.29, 1.82) is 0 Å². The molecule has 1 rings (SSSR count). The number of ether oxygens (including phenoxy) is 1. The molecule has 112 valence electrons. The van der Waals surface area contributed by atoms with Crippen LogP contribution in [0.1, 0.15) is 53.4 Å². The standard InChI is InChI=1S/C15H30O3Si/c1-7-17-14(16)11-12-8-9-13(10-12)18-19(5,6)15(2,3)4/h12-13H,7-11H2,1-6H3/t12-,13+/m1/s1. The Kier molecular flexibility index (Phi) is 5.62. The molecular weight excluding hydrogens is 256 g/mol. The lowest BCUT2D eigenvalue weighted by atomic mass is 10.0. The maximum atomic E-state index is 11.5. The van der Waals surface area contributed by atoms with Crippen molar-refractivity contribution in [2.75, 3.05) is 6.61 Å². The van der Waals surface area contributed by atoms with E-state index >= 15 is 0 Å². The average molecular weight is 286 g/mol. The first-order valence-electron chi connectivity index (χ1n) is 7.49. The largest absolute Gasteiger partial charge is 0.466 e. The molecule has 0 spiro atoms. The summed E-state index contributed by atoms with van der Waals surface area (Å²) >= 11 is 0. The van der Waals surface area contributed by atoms with Crippen LogP contribution in [0, 0.1) is 5.92 Å². The SMILES string of the molecule is CCOC(=O)C[C@@H]1CC[C@H](O[Si](C)(C)C(C)(C)C)C1. The van der Waals surface area contributed by atoms with E-state index in [1.807, 2.05) is 6.92 Å². The summed E-state index contributed by atoms with van der Waals surface area (Å²) in [6.07, 6.45) is 4.12. The Labute approximate surface area is 119 Å². The second-order valence-corrected chi connectivity index (χ2v) is 11.9. The molecule has 0 aromatic heterocycles. The normalized spacial score (nSPS) is 24.5. The molecule has 0 bridgehead atoms. The molecule has 0 amide bonds. The molecule has 0 unspecified atom stereocenters. The molecule has 0 radical (unpaired) electrons. The second kappa shape index (κ2) is 6.40. The monoisotopic (exact) mass is 286 g/mol.